The molecule has 5 heteroatoms. The molecule has 0 saturated heterocycles. The number of benzene rings is 2. The van der Waals surface area contributed by atoms with Gasteiger partial charge in [0.2, 0.25) is 0 Å². The molecule has 0 aliphatic carbocycles. The first-order chi connectivity index (χ1) is 11.7. The lowest BCUT2D eigenvalue weighted by Gasteiger charge is -2.13. The Morgan fingerprint density at radius 1 is 0.917 bits per heavy atom. The fourth-order valence-electron chi connectivity index (χ4n) is 2.39. The Labute approximate surface area is 143 Å². The number of ether oxygens (including phenoxy) is 2. The Kier molecular flexibility index (Phi) is 6.49. The molecule has 0 unspecified atom stereocenters. The van der Waals surface area contributed by atoms with Gasteiger partial charge in [-0.25, -0.2) is 0 Å². The second-order valence-electron chi connectivity index (χ2n) is 5.43. The average Bonchev–Trinajstić information content (AvgIpc) is 2.62. The van der Waals surface area contributed by atoms with Crippen LogP contribution >= 0.6 is 0 Å². The summed E-state index contributed by atoms with van der Waals surface area (Å²) in [5, 5.41) is 6.62. The Morgan fingerprint density at radius 3 is 2.08 bits per heavy atom. The van der Waals surface area contributed by atoms with E-state index in [9.17, 15) is 0 Å². The van der Waals surface area contributed by atoms with E-state index in [1.54, 1.807) is 21.3 Å². The lowest BCUT2D eigenvalue weighted by atomic mass is 10.1. The number of nitrogens with one attached hydrogen (secondary N) is 2. The number of guanidine groups is 1. The van der Waals surface area contributed by atoms with E-state index >= 15 is 0 Å². The molecule has 0 aliphatic rings. The molecule has 2 rings (SSSR count). The third-order valence-electron chi connectivity index (χ3n) is 3.76. The quantitative estimate of drug-likeness (QED) is 0.633. The molecule has 2 N–H and O–H groups in total. The smallest absolute Gasteiger partial charge is 0.191 e. The summed E-state index contributed by atoms with van der Waals surface area (Å²) in [6.45, 7) is 3.44. The van der Waals surface area contributed by atoms with Crippen molar-refractivity contribution in [1.82, 2.24) is 10.6 Å². The SMILES string of the molecule is CN=C(NCc1ccc(OC)cc1)NCc1ccc(OC)c(C)c1. The van der Waals surface area contributed by atoms with Crippen LogP contribution in [0, 0.1) is 6.92 Å². The van der Waals surface area contributed by atoms with Gasteiger partial charge in [0.1, 0.15) is 11.5 Å². The van der Waals surface area contributed by atoms with Crippen LogP contribution in [0.15, 0.2) is 47.5 Å². The summed E-state index contributed by atoms with van der Waals surface area (Å²) < 4.78 is 10.4. The van der Waals surface area contributed by atoms with Crippen molar-refractivity contribution in [3.8, 4) is 11.5 Å². The Balaban J connectivity index is 1.86. The number of hydrogen-bond acceptors (Lipinski definition) is 3. The molecule has 0 saturated carbocycles. The average molecular weight is 327 g/mol. The van der Waals surface area contributed by atoms with Gasteiger partial charge in [-0.2, -0.15) is 0 Å². The van der Waals surface area contributed by atoms with Crippen LogP contribution in [0.5, 0.6) is 11.5 Å². The van der Waals surface area contributed by atoms with E-state index in [0.717, 1.165) is 23.0 Å². The second kappa shape index (κ2) is 8.82. The highest BCUT2D eigenvalue weighted by molar-refractivity contribution is 5.79. The summed E-state index contributed by atoms with van der Waals surface area (Å²) in [7, 11) is 5.12. The fourth-order valence-corrected chi connectivity index (χ4v) is 2.39. The first kappa shape index (κ1) is 17.7. The van der Waals surface area contributed by atoms with Crippen molar-refractivity contribution >= 4 is 5.96 Å². The van der Waals surface area contributed by atoms with Gasteiger partial charge in [0.05, 0.1) is 14.2 Å². The van der Waals surface area contributed by atoms with E-state index < -0.39 is 0 Å². The van der Waals surface area contributed by atoms with Gasteiger partial charge in [0.15, 0.2) is 5.96 Å². The van der Waals surface area contributed by atoms with E-state index in [4.69, 9.17) is 9.47 Å². The lowest BCUT2D eigenvalue weighted by Crippen LogP contribution is -2.36. The molecule has 24 heavy (non-hydrogen) atoms. The van der Waals surface area contributed by atoms with Gasteiger partial charge in [-0.05, 0) is 41.8 Å². The van der Waals surface area contributed by atoms with Crippen LogP contribution in [0.2, 0.25) is 0 Å². The molecular weight excluding hydrogens is 302 g/mol. The minimum Gasteiger partial charge on any atom is -0.497 e. The zero-order valence-electron chi connectivity index (χ0n) is 14.7. The fraction of sp³-hybridized carbons (Fsp3) is 0.316. The van der Waals surface area contributed by atoms with Gasteiger partial charge in [-0.1, -0.05) is 24.3 Å². The molecular formula is C19H25N3O2. The third-order valence-corrected chi connectivity index (χ3v) is 3.76. The first-order valence-electron chi connectivity index (χ1n) is 7.87. The highest BCUT2D eigenvalue weighted by Crippen LogP contribution is 2.18. The van der Waals surface area contributed by atoms with Crippen LogP contribution in [0.1, 0.15) is 16.7 Å². The lowest BCUT2D eigenvalue weighted by molar-refractivity contribution is 0.411. The van der Waals surface area contributed by atoms with Crippen molar-refractivity contribution in [3.63, 3.8) is 0 Å². The zero-order valence-corrected chi connectivity index (χ0v) is 14.7. The van der Waals surface area contributed by atoms with Crippen LogP contribution in [-0.4, -0.2) is 27.2 Å². The van der Waals surface area contributed by atoms with Gasteiger partial charge in [0, 0.05) is 20.1 Å². The Morgan fingerprint density at radius 2 is 1.54 bits per heavy atom. The maximum Gasteiger partial charge on any atom is 0.191 e. The van der Waals surface area contributed by atoms with Crippen LogP contribution in [-0.2, 0) is 13.1 Å². The molecule has 0 radical (unpaired) electrons. The summed E-state index contributed by atoms with van der Waals surface area (Å²) in [6.07, 6.45) is 0. The predicted octanol–water partition coefficient (Wildman–Crippen LogP) is 2.88. The van der Waals surface area contributed by atoms with Gasteiger partial charge >= 0.3 is 0 Å². The van der Waals surface area contributed by atoms with E-state index in [0.29, 0.717) is 13.1 Å². The summed E-state index contributed by atoms with van der Waals surface area (Å²) in [5.41, 5.74) is 3.47. The number of aryl methyl sites for hydroxylation is 1. The number of methoxy groups -OCH3 is 2. The molecule has 0 fully saturated rings. The highest BCUT2D eigenvalue weighted by Gasteiger charge is 2.02. The largest absolute Gasteiger partial charge is 0.497 e. The molecule has 2 aromatic carbocycles. The summed E-state index contributed by atoms with van der Waals surface area (Å²) in [6, 6.07) is 14.1. The maximum atomic E-state index is 5.29. The minimum absolute atomic E-state index is 0.700. The summed E-state index contributed by atoms with van der Waals surface area (Å²) in [5.74, 6) is 2.52. The van der Waals surface area contributed by atoms with Gasteiger partial charge in [0.25, 0.3) is 0 Å². The molecule has 0 aromatic heterocycles. The van der Waals surface area contributed by atoms with E-state index in [1.165, 1.54) is 11.1 Å². The van der Waals surface area contributed by atoms with Crippen molar-refractivity contribution < 1.29 is 9.47 Å². The van der Waals surface area contributed by atoms with Crippen molar-refractivity contribution in [2.45, 2.75) is 20.0 Å². The van der Waals surface area contributed by atoms with Crippen molar-refractivity contribution in [3.05, 3.63) is 59.2 Å². The number of nitrogens with zero attached hydrogens (tertiary/aromatic N) is 1. The van der Waals surface area contributed by atoms with Crippen molar-refractivity contribution in [1.29, 1.82) is 0 Å². The van der Waals surface area contributed by atoms with E-state index in [1.807, 2.05) is 37.3 Å². The molecule has 2 aromatic rings. The number of aliphatic imine (C=N–C) groups is 1. The second-order valence-corrected chi connectivity index (χ2v) is 5.43. The van der Waals surface area contributed by atoms with E-state index in [2.05, 4.69) is 27.8 Å². The third kappa shape index (κ3) is 4.91. The van der Waals surface area contributed by atoms with Gasteiger partial charge in [-0.3, -0.25) is 4.99 Å². The predicted molar refractivity (Wildman–Crippen MR) is 97.8 cm³/mol. The number of hydrogen-bond donors (Lipinski definition) is 2. The topological polar surface area (TPSA) is 54.9 Å². The molecule has 0 bridgehead atoms. The molecule has 128 valence electrons. The van der Waals surface area contributed by atoms with Crippen LogP contribution < -0.4 is 20.1 Å². The molecule has 0 spiro atoms. The molecule has 0 amide bonds. The monoisotopic (exact) mass is 327 g/mol. The summed E-state index contributed by atoms with van der Waals surface area (Å²) >= 11 is 0. The van der Waals surface area contributed by atoms with Crippen LogP contribution in [0.25, 0.3) is 0 Å². The van der Waals surface area contributed by atoms with Gasteiger partial charge < -0.3 is 20.1 Å². The Hall–Kier alpha value is -2.69. The molecule has 0 heterocycles. The molecule has 0 aliphatic heterocycles. The molecule has 0 atom stereocenters. The van der Waals surface area contributed by atoms with E-state index in [-0.39, 0.29) is 0 Å². The zero-order chi connectivity index (χ0) is 17.4. The van der Waals surface area contributed by atoms with Crippen LogP contribution in [0.4, 0.5) is 0 Å². The minimum atomic E-state index is 0.700. The van der Waals surface area contributed by atoms with Crippen LogP contribution in [0.3, 0.4) is 0 Å². The summed E-state index contributed by atoms with van der Waals surface area (Å²) in [4.78, 5) is 4.25. The Bertz CT molecular complexity index is 682. The van der Waals surface area contributed by atoms with Crippen molar-refractivity contribution in [2.75, 3.05) is 21.3 Å². The standard InChI is InChI=1S/C19H25N3O2/c1-14-11-16(7-10-18(14)24-4)13-22-19(20-2)21-12-15-5-8-17(23-3)9-6-15/h5-11H,12-13H2,1-4H3,(H2,20,21,22). The first-order valence-corrected chi connectivity index (χ1v) is 7.87. The van der Waals surface area contributed by atoms with Gasteiger partial charge in [-0.15, -0.1) is 0 Å². The number of rotatable bonds is 6. The maximum absolute atomic E-state index is 5.29. The van der Waals surface area contributed by atoms with Crippen molar-refractivity contribution in [2.24, 2.45) is 4.99 Å². The highest BCUT2D eigenvalue weighted by atomic mass is 16.5. The molecule has 5 nitrogen and oxygen atoms in total. The normalized spacial score (nSPS) is 11.1.